The molecular weight excluding hydrogens is 465 g/mol. The molecule has 1 saturated heterocycles. The van der Waals surface area contributed by atoms with Crippen molar-refractivity contribution in [3.63, 3.8) is 0 Å². The van der Waals surface area contributed by atoms with Crippen molar-refractivity contribution in [3.05, 3.63) is 45.1 Å². The Balaban J connectivity index is 1.74. The molecule has 1 aliphatic heterocycles. The highest BCUT2D eigenvalue weighted by atomic mass is 19.1. The van der Waals surface area contributed by atoms with Gasteiger partial charge in [-0.1, -0.05) is 6.92 Å². The molecule has 2 atom stereocenters. The van der Waals surface area contributed by atoms with Crippen LogP contribution in [0.5, 0.6) is 0 Å². The highest BCUT2D eigenvalue weighted by molar-refractivity contribution is 5.90. The second-order valence-corrected chi connectivity index (χ2v) is 10.9. The first-order valence-corrected chi connectivity index (χ1v) is 12.7. The van der Waals surface area contributed by atoms with Crippen LogP contribution in [0.25, 0.3) is 5.52 Å². The average Bonchev–Trinajstić information content (AvgIpc) is 3.60. The number of nitrogens with zero attached hydrogens (tertiary/aromatic N) is 2. The van der Waals surface area contributed by atoms with E-state index in [1.807, 2.05) is 32.6 Å². The van der Waals surface area contributed by atoms with Crippen molar-refractivity contribution in [1.29, 1.82) is 0 Å². The SMILES string of the molecule is CCOC(=O)c1cc(C2CC2)c2c(C)c(N3CC[C@H](C)[C@H](NC(=O)OC(C)(C)C)C3)c(F)cn2c1=O. The third kappa shape index (κ3) is 5.20. The number of carbonyl (C=O) groups is 2. The van der Waals surface area contributed by atoms with Crippen LogP contribution in [0.2, 0.25) is 0 Å². The molecule has 36 heavy (non-hydrogen) atoms. The molecule has 1 saturated carbocycles. The number of ether oxygens (including phenoxy) is 2. The van der Waals surface area contributed by atoms with E-state index in [1.165, 1.54) is 10.6 Å². The van der Waals surface area contributed by atoms with Gasteiger partial charge in [-0.15, -0.1) is 0 Å². The molecule has 9 heteroatoms. The molecule has 196 valence electrons. The Kier molecular flexibility index (Phi) is 7.03. The molecule has 8 nitrogen and oxygen atoms in total. The van der Waals surface area contributed by atoms with Crippen LogP contribution in [0.15, 0.2) is 17.1 Å². The zero-order valence-electron chi connectivity index (χ0n) is 21.9. The van der Waals surface area contributed by atoms with E-state index in [0.29, 0.717) is 29.9 Å². The molecule has 0 spiro atoms. The summed E-state index contributed by atoms with van der Waals surface area (Å²) in [5, 5.41) is 2.95. The number of anilines is 1. The summed E-state index contributed by atoms with van der Waals surface area (Å²) in [6.45, 7) is 12.2. The van der Waals surface area contributed by atoms with Crippen LogP contribution >= 0.6 is 0 Å². The van der Waals surface area contributed by atoms with Crippen molar-refractivity contribution in [2.45, 2.75) is 78.4 Å². The van der Waals surface area contributed by atoms with Crippen molar-refractivity contribution < 1.29 is 23.5 Å². The zero-order chi connectivity index (χ0) is 26.4. The van der Waals surface area contributed by atoms with Gasteiger partial charge in [0.15, 0.2) is 5.82 Å². The van der Waals surface area contributed by atoms with E-state index in [4.69, 9.17) is 9.47 Å². The van der Waals surface area contributed by atoms with Crippen LogP contribution in [0, 0.1) is 18.7 Å². The molecule has 0 aromatic carbocycles. The number of alkyl carbamates (subject to hydrolysis) is 1. The maximum absolute atomic E-state index is 15.7. The van der Waals surface area contributed by atoms with Crippen molar-refractivity contribution >= 4 is 23.3 Å². The number of nitrogens with one attached hydrogen (secondary N) is 1. The molecular formula is C27H36FN3O5. The molecule has 0 unspecified atom stereocenters. The molecule has 2 fully saturated rings. The summed E-state index contributed by atoms with van der Waals surface area (Å²) in [7, 11) is 0. The average molecular weight is 502 g/mol. The number of piperidine rings is 1. The smallest absolute Gasteiger partial charge is 0.407 e. The molecule has 1 N–H and O–H groups in total. The quantitative estimate of drug-likeness (QED) is 0.605. The topological polar surface area (TPSA) is 89.3 Å². The largest absolute Gasteiger partial charge is 0.462 e. The number of rotatable bonds is 5. The number of carbonyl (C=O) groups excluding carboxylic acids is 2. The number of amides is 1. The number of fused-ring (bicyclic) bond motifs is 1. The van der Waals surface area contributed by atoms with Crippen LogP contribution in [-0.2, 0) is 9.47 Å². The molecule has 3 heterocycles. The second-order valence-electron chi connectivity index (χ2n) is 10.9. The number of pyridine rings is 2. The van der Waals surface area contributed by atoms with Gasteiger partial charge in [0.2, 0.25) is 0 Å². The maximum Gasteiger partial charge on any atom is 0.407 e. The Bertz CT molecular complexity index is 1240. The van der Waals surface area contributed by atoms with E-state index >= 15 is 4.39 Å². The lowest BCUT2D eigenvalue weighted by atomic mass is 9.92. The van der Waals surface area contributed by atoms with Gasteiger partial charge in [0, 0.05) is 13.1 Å². The summed E-state index contributed by atoms with van der Waals surface area (Å²) in [4.78, 5) is 40.0. The minimum atomic E-state index is -0.693. The van der Waals surface area contributed by atoms with Gasteiger partial charge in [-0.25, -0.2) is 14.0 Å². The van der Waals surface area contributed by atoms with Crippen molar-refractivity contribution in [2.75, 3.05) is 24.6 Å². The number of hydrogen-bond acceptors (Lipinski definition) is 6. The highest BCUT2D eigenvalue weighted by Crippen LogP contribution is 2.44. The third-order valence-corrected chi connectivity index (χ3v) is 6.93. The van der Waals surface area contributed by atoms with Gasteiger partial charge in [-0.05, 0) is 82.9 Å². The van der Waals surface area contributed by atoms with Crippen LogP contribution in [0.1, 0.15) is 81.3 Å². The molecule has 0 bridgehead atoms. The first kappa shape index (κ1) is 26.0. The fourth-order valence-corrected chi connectivity index (χ4v) is 5.01. The molecule has 2 aliphatic rings. The lowest BCUT2D eigenvalue weighted by Gasteiger charge is -2.39. The van der Waals surface area contributed by atoms with E-state index in [0.717, 1.165) is 24.8 Å². The lowest BCUT2D eigenvalue weighted by molar-refractivity contribution is 0.0481. The van der Waals surface area contributed by atoms with Crippen LogP contribution in [0.4, 0.5) is 14.9 Å². The lowest BCUT2D eigenvalue weighted by Crippen LogP contribution is -2.53. The van der Waals surface area contributed by atoms with Gasteiger partial charge < -0.3 is 19.7 Å². The number of aromatic nitrogens is 1. The highest BCUT2D eigenvalue weighted by Gasteiger charge is 2.34. The number of aryl methyl sites for hydroxylation is 1. The first-order chi connectivity index (χ1) is 16.9. The Morgan fingerprint density at radius 2 is 1.92 bits per heavy atom. The minimum Gasteiger partial charge on any atom is -0.462 e. The Hall–Kier alpha value is -3.10. The number of esters is 1. The summed E-state index contributed by atoms with van der Waals surface area (Å²) < 4.78 is 27.4. The van der Waals surface area contributed by atoms with E-state index in [2.05, 4.69) is 12.2 Å². The summed E-state index contributed by atoms with van der Waals surface area (Å²) in [6, 6.07) is 1.41. The monoisotopic (exact) mass is 501 g/mol. The molecule has 2 aromatic rings. The van der Waals surface area contributed by atoms with E-state index in [1.54, 1.807) is 13.0 Å². The fourth-order valence-electron chi connectivity index (χ4n) is 5.01. The Morgan fingerprint density at radius 3 is 2.53 bits per heavy atom. The predicted octanol–water partition coefficient (Wildman–Crippen LogP) is 4.54. The van der Waals surface area contributed by atoms with Gasteiger partial charge in [0.1, 0.15) is 11.2 Å². The van der Waals surface area contributed by atoms with Crippen molar-refractivity contribution in [3.8, 4) is 0 Å². The van der Waals surface area contributed by atoms with Crippen LogP contribution in [-0.4, -0.2) is 47.8 Å². The van der Waals surface area contributed by atoms with E-state index in [-0.39, 0.29) is 30.0 Å². The standard InChI is InChI=1S/C27H36FN3O5/c1-7-35-25(33)19-12-18(17-8-9-17)22-16(3)23(20(28)13-31(22)24(19)32)30-11-10-15(2)21(14-30)29-26(34)36-27(4,5)6/h12-13,15,17,21H,7-11,14H2,1-6H3,(H,29,34)/t15-,21+/m0/s1. The first-order valence-electron chi connectivity index (χ1n) is 12.7. The van der Waals surface area contributed by atoms with Gasteiger partial charge in [0.25, 0.3) is 5.56 Å². The summed E-state index contributed by atoms with van der Waals surface area (Å²) in [6.07, 6.45) is 3.35. The molecule has 2 aromatic heterocycles. The Morgan fingerprint density at radius 1 is 1.22 bits per heavy atom. The Labute approximate surface area is 210 Å². The normalized spacial score (nSPS) is 20.4. The van der Waals surface area contributed by atoms with Gasteiger partial charge in [-0.2, -0.15) is 0 Å². The zero-order valence-corrected chi connectivity index (χ0v) is 21.9. The van der Waals surface area contributed by atoms with Gasteiger partial charge >= 0.3 is 12.1 Å². The van der Waals surface area contributed by atoms with Gasteiger partial charge in [-0.3, -0.25) is 9.20 Å². The minimum absolute atomic E-state index is 0.0729. The summed E-state index contributed by atoms with van der Waals surface area (Å²) in [5.41, 5.74) is 1.30. The number of halogens is 1. The van der Waals surface area contributed by atoms with Crippen LogP contribution < -0.4 is 15.8 Å². The molecule has 1 aliphatic carbocycles. The molecule has 1 amide bonds. The predicted molar refractivity (Wildman–Crippen MR) is 135 cm³/mol. The van der Waals surface area contributed by atoms with E-state index in [9.17, 15) is 14.4 Å². The van der Waals surface area contributed by atoms with E-state index < -0.39 is 29.0 Å². The van der Waals surface area contributed by atoms with Gasteiger partial charge in [0.05, 0.1) is 30.0 Å². The van der Waals surface area contributed by atoms with Crippen LogP contribution in [0.3, 0.4) is 0 Å². The molecule has 0 radical (unpaired) electrons. The molecule has 4 rings (SSSR count). The fraction of sp³-hybridized carbons (Fsp3) is 0.593. The van der Waals surface area contributed by atoms with Crippen molar-refractivity contribution in [2.24, 2.45) is 5.92 Å². The number of hydrogen-bond donors (Lipinski definition) is 1. The third-order valence-electron chi connectivity index (χ3n) is 6.93. The summed E-state index contributed by atoms with van der Waals surface area (Å²) in [5.74, 6) is -0.833. The summed E-state index contributed by atoms with van der Waals surface area (Å²) >= 11 is 0. The van der Waals surface area contributed by atoms with Crippen molar-refractivity contribution in [1.82, 2.24) is 9.72 Å². The maximum atomic E-state index is 15.7. The second kappa shape index (κ2) is 9.75.